The van der Waals surface area contributed by atoms with Crippen molar-refractivity contribution in [2.75, 3.05) is 0 Å². The third kappa shape index (κ3) is 3.78. The van der Waals surface area contributed by atoms with E-state index in [2.05, 4.69) is 5.32 Å². The van der Waals surface area contributed by atoms with E-state index in [0.717, 1.165) is 12.1 Å². The topological polar surface area (TPSA) is 106 Å². The monoisotopic (exact) mass is 314 g/mol. The zero-order chi connectivity index (χ0) is 16.4. The molecule has 7 nitrogen and oxygen atoms in total. The van der Waals surface area contributed by atoms with Gasteiger partial charge in [-0.25, -0.2) is 8.42 Å². The van der Waals surface area contributed by atoms with E-state index in [-0.39, 0.29) is 16.5 Å². The molecule has 1 aromatic rings. The van der Waals surface area contributed by atoms with E-state index in [9.17, 15) is 23.3 Å². The standard InChI is InChI=1S/C13H18N2O5S/c1-8(2)14-13(16)10-5-6-12(11(7-10)15(17)18)21(19,20)9(3)4/h5-9H,1-4H3,(H,14,16). The fourth-order valence-corrected chi connectivity index (χ4v) is 2.83. The molecule has 1 rings (SSSR count). The maximum Gasteiger partial charge on any atom is 0.288 e. The summed E-state index contributed by atoms with van der Waals surface area (Å²) in [6, 6.07) is 3.26. The lowest BCUT2D eigenvalue weighted by Gasteiger charge is -2.11. The van der Waals surface area contributed by atoms with Crippen molar-refractivity contribution in [1.29, 1.82) is 0 Å². The highest BCUT2D eigenvalue weighted by Gasteiger charge is 2.29. The van der Waals surface area contributed by atoms with Crippen molar-refractivity contribution in [3.05, 3.63) is 33.9 Å². The quantitative estimate of drug-likeness (QED) is 0.660. The summed E-state index contributed by atoms with van der Waals surface area (Å²) >= 11 is 0. The zero-order valence-electron chi connectivity index (χ0n) is 12.3. The van der Waals surface area contributed by atoms with Crippen molar-refractivity contribution in [2.24, 2.45) is 0 Å². The highest BCUT2D eigenvalue weighted by molar-refractivity contribution is 7.92. The van der Waals surface area contributed by atoms with E-state index in [1.54, 1.807) is 13.8 Å². The van der Waals surface area contributed by atoms with Crippen LogP contribution in [0.15, 0.2) is 23.1 Å². The van der Waals surface area contributed by atoms with Gasteiger partial charge in [0, 0.05) is 17.7 Å². The van der Waals surface area contributed by atoms with Crippen LogP contribution in [-0.2, 0) is 9.84 Å². The van der Waals surface area contributed by atoms with Crippen molar-refractivity contribution in [1.82, 2.24) is 5.32 Å². The van der Waals surface area contributed by atoms with Crippen LogP contribution in [0.2, 0.25) is 0 Å². The Morgan fingerprint density at radius 2 is 1.81 bits per heavy atom. The second-order valence-corrected chi connectivity index (χ2v) is 7.63. The third-order valence-electron chi connectivity index (χ3n) is 2.76. The molecule has 1 aromatic carbocycles. The molecule has 0 aliphatic heterocycles. The van der Waals surface area contributed by atoms with Crippen molar-refractivity contribution in [3.63, 3.8) is 0 Å². The summed E-state index contributed by atoms with van der Waals surface area (Å²) in [5, 5.41) is 12.9. The molecule has 0 bridgehead atoms. The molecule has 0 fully saturated rings. The zero-order valence-corrected chi connectivity index (χ0v) is 13.1. The number of hydrogen-bond donors (Lipinski definition) is 1. The lowest BCUT2D eigenvalue weighted by Crippen LogP contribution is -2.30. The van der Waals surface area contributed by atoms with E-state index >= 15 is 0 Å². The lowest BCUT2D eigenvalue weighted by atomic mass is 10.2. The van der Waals surface area contributed by atoms with Gasteiger partial charge in [-0.1, -0.05) is 0 Å². The molecule has 1 amide bonds. The Kier molecular flexibility index (Phi) is 5.06. The molecule has 0 aliphatic carbocycles. The molecule has 8 heteroatoms. The summed E-state index contributed by atoms with van der Waals surface area (Å²) < 4.78 is 24.2. The molecule has 1 N–H and O–H groups in total. The Labute approximate surface area is 123 Å². The normalized spacial score (nSPS) is 11.7. The minimum atomic E-state index is -3.79. The van der Waals surface area contributed by atoms with Crippen molar-refractivity contribution in [2.45, 2.75) is 43.9 Å². The van der Waals surface area contributed by atoms with E-state index < -0.39 is 31.6 Å². The maximum absolute atomic E-state index is 12.1. The minimum Gasteiger partial charge on any atom is -0.350 e. The van der Waals surface area contributed by atoms with E-state index in [1.807, 2.05) is 0 Å². The fourth-order valence-electron chi connectivity index (χ4n) is 1.64. The van der Waals surface area contributed by atoms with Gasteiger partial charge in [-0.2, -0.15) is 0 Å². The lowest BCUT2D eigenvalue weighted by molar-refractivity contribution is -0.387. The van der Waals surface area contributed by atoms with Crippen LogP contribution in [0.3, 0.4) is 0 Å². The summed E-state index contributed by atoms with van der Waals surface area (Å²) in [4.78, 5) is 21.8. The number of carbonyl (C=O) groups excluding carboxylic acids is 1. The molecule has 0 aliphatic rings. The van der Waals surface area contributed by atoms with Crippen molar-refractivity contribution >= 4 is 21.4 Å². The Bertz CT molecular complexity index is 665. The van der Waals surface area contributed by atoms with Crippen molar-refractivity contribution < 1.29 is 18.1 Å². The van der Waals surface area contributed by atoms with Crippen LogP contribution in [0.1, 0.15) is 38.1 Å². The first-order chi connectivity index (χ1) is 9.57. The summed E-state index contributed by atoms with van der Waals surface area (Å²) in [6.07, 6.45) is 0. The van der Waals surface area contributed by atoms with Crippen LogP contribution in [0, 0.1) is 10.1 Å². The molecule has 0 aromatic heterocycles. The minimum absolute atomic E-state index is 0.0538. The molecule has 0 saturated carbocycles. The third-order valence-corrected chi connectivity index (χ3v) is 4.96. The summed E-state index contributed by atoms with van der Waals surface area (Å²) in [5.41, 5.74) is -0.529. The van der Waals surface area contributed by atoms with Gasteiger partial charge in [0.2, 0.25) is 0 Å². The van der Waals surface area contributed by atoms with Gasteiger partial charge in [-0.15, -0.1) is 0 Å². The van der Waals surface area contributed by atoms with Gasteiger partial charge in [0.15, 0.2) is 9.84 Å². The second-order valence-electron chi connectivity index (χ2n) is 5.16. The highest BCUT2D eigenvalue weighted by atomic mass is 32.2. The number of nitrogens with one attached hydrogen (secondary N) is 1. The first-order valence-electron chi connectivity index (χ1n) is 6.40. The first kappa shape index (κ1) is 17.1. The van der Waals surface area contributed by atoms with Crippen LogP contribution in [0.4, 0.5) is 5.69 Å². The number of benzene rings is 1. The molecule has 0 spiro atoms. The number of hydrogen-bond acceptors (Lipinski definition) is 5. The molecular formula is C13H18N2O5S. The number of rotatable bonds is 5. The molecule has 0 heterocycles. The number of nitrogens with zero attached hydrogens (tertiary/aromatic N) is 1. The molecule has 21 heavy (non-hydrogen) atoms. The van der Waals surface area contributed by atoms with E-state index in [0.29, 0.717) is 0 Å². The molecule has 0 radical (unpaired) electrons. The van der Waals surface area contributed by atoms with Gasteiger partial charge in [0.1, 0.15) is 4.90 Å². The number of amides is 1. The second kappa shape index (κ2) is 6.21. The van der Waals surface area contributed by atoms with E-state index in [1.165, 1.54) is 19.9 Å². The van der Waals surface area contributed by atoms with Gasteiger partial charge in [-0.05, 0) is 39.8 Å². The number of nitro benzene ring substituents is 1. The number of carbonyl (C=O) groups is 1. The molecular weight excluding hydrogens is 296 g/mol. The molecule has 0 unspecified atom stereocenters. The predicted molar refractivity (Wildman–Crippen MR) is 78.0 cm³/mol. The maximum atomic E-state index is 12.1. The smallest absolute Gasteiger partial charge is 0.288 e. The predicted octanol–water partition coefficient (Wildman–Crippen LogP) is 1.92. The number of nitro groups is 1. The molecule has 0 saturated heterocycles. The van der Waals surface area contributed by atoms with Crippen LogP contribution >= 0.6 is 0 Å². The van der Waals surface area contributed by atoms with Crippen molar-refractivity contribution in [3.8, 4) is 0 Å². The van der Waals surface area contributed by atoms with E-state index in [4.69, 9.17) is 0 Å². The fraction of sp³-hybridized carbons (Fsp3) is 0.462. The largest absolute Gasteiger partial charge is 0.350 e. The SMILES string of the molecule is CC(C)NC(=O)c1ccc(S(=O)(=O)C(C)C)c([N+](=O)[O-])c1. The van der Waals surface area contributed by atoms with Crippen LogP contribution < -0.4 is 5.32 Å². The average Bonchev–Trinajstić information content (AvgIpc) is 2.36. The van der Waals surface area contributed by atoms with Gasteiger partial charge in [-0.3, -0.25) is 14.9 Å². The number of sulfone groups is 1. The summed E-state index contributed by atoms with van der Waals surface area (Å²) in [5.74, 6) is -0.485. The Morgan fingerprint density at radius 1 is 1.24 bits per heavy atom. The molecule has 116 valence electrons. The molecule has 0 atom stereocenters. The van der Waals surface area contributed by atoms with Crippen LogP contribution in [0.5, 0.6) is 0 Å². The Morgan fingerprint density at radius 3 is 2.24 bits per heavy atom. The van der Waals surface area contributed by atoms with Gasteiger partial charge in [0.25, 0.3) is 11.6 Å². The summed E-state index contributed by atoms with van der Waals surface area (Å²) in [6.45, 7) is 6.39. The van der Waals surface area contributed by atoms with Crippen LogP contribution in [0.25, 0.3) is 0 Å². The average molecular weight is 314 g/mol. The summed E-state index contributed by atoms with van der Waals surface area (Å²) in [7, 11) is -3.79. The Hall–Kier alpha value is -1.96. The van der Waals surface area contributed by atoms with Gasteiger partial charge >= 0.3 is 0 Å². The van der Waals surface area contributed by atoms with Gasteiger partial charge < -0.3 is 5.32 Å². The van der Waals surface area contributed by atoms with Crippen LogP contribution in [-0.4, -0.2) is 30.5 Å². The highest BCUT2D eigenvalue weighted by Crippen LogP contribution is 2.28. The Balaban J connectivity index is 3.40. The first-order valence-corrected chi connectivity index (χ1v) is 7.95. The van der Waals surface area contributed by atoms with Gasteiger partial charge in [0.05, 0.1) is 10.2 Å².